The van der Waals surface area contributed by atoms with E-state index >= 15 is 0 Å². The SMILES string of the molecule is C[C@H]1CCN1c1nc(-c2noc(C3CNC3)n2)c2c(n1)C(F)(F)CC2. The third-order valence-corrected chi connectivity index (χ3v) is 5.39. The van der Waals surface area contributed by atoms with Crippen molar-refractivity contribution in [1.82, 2.24) is 25.4 Å². The fourth-order valence-electron chi connectivity index (χ4n) is 3.50. The Hall–Kier alpha value is -2.16. The van der Waals surface area contributed by atoms with Gasteiger partial charge in [-0.1, -0.05) is 5.16 Å². The summed E-state index contributed by atoms with van der Waals surface area (Å²) in [7, 11) is 0. The molecule has 5 rings (SSSR count). The van der Waals surface area contributed by atoms with E-state index in [1.54, 1.807) is 0 Å². The van der Waals surface area contributed by atoms with Crippen LogP contribution in [0, 0.1) is 0 Å². The van der Waals surface area contributed by atoms with Gasteiger partial charge >= 0.3 is 0 Å². The first-order valence-corrected chi connectivity index (χ1v) is 8.63. The quantitative estimate of drug-likeness (QED) is 0.907. The van der Waals surface area contributed by atoms with Crippen LogP contribution in [0.1, 0.15) is 42.8 Å². The third kappa shape index (κ3) is 2.25. The number of nitrogens with zero attached hydrogens (tertiary/aromatic N) is 5. The van der Waals surface area contributed by atoms with Crippen LogP contribution in [0.2, 0.25) is 0 Å². The molecule has 0 spiro atoms. The zero-order chi connectivity index (χ0) is 17.2. The summed E-state index contributed by atoms with van der Waals surface area (Å²) >= 11 is 0. The number of aromatic nitrogens is 4. The Morgan fingerprint density at radius 3 is 2.72 bits per heavy atom. The normalized spacial score (nSPS) is 24.8. The number of alkyl halides is 2. The highest BCUT2D eigenvalue weighted by molar-refractivity contribution is 5.61. The van der Waals surface area contributed by atoms with Crippen molar-refractivity contribution in [3.05, 3.63) is 17.1 Å². The first-order valence-electron chi connectivity index (χ1n) is 8.63. The Morgan fingerprint density at radius 1 is 1.24 bits per heavy atom. The molecule has 3 aliphatic rings. The van der Waals surface area contributed by atoms with Crippen molar-refractivity contribution in [2.45, 2.75) is 44.1 Å². The van der Waals surface area contributed by atoms with Crippen LogP contribution < -0.4 is 10.2 Å². The van der Waals surface area contributed by atoms with Gasteiger partial charge in [0.2, 0.25) is 17.7 Å². The Bertz CT molecular complexity index is 834. The van der Waals surface area contributed by atoms with Crippen LogP contribution in [0.25, 0.3) is 11.5 Å². The van der Waals surface area contributed by atoms with Gasteiger partial charge in [-0.05, 0) is 19.8 Å². The predicted octanol–water partition coefficient (Wildman–Crippen LogP) is 1.85. The molecule has 9 heteroatoms. The third-order valence-electron chi connectivity index (χ3n) is 5.39. The summed E-state index contributed by atoms with van der Waals surface area (Å²) in [6.07, 6.45) is 0.982. The number of nitrogens with one attached hydrogen (secondary N) is 1. The molecule has 7 nitrogen and oxygen atoms in total. The summed E-state index contributed by atoms with van der Waals surface area (Å²) in [6.45, 7) is 4.39. The van der Waals surface area contributed by atoms with Crippen molar-refractivity contribution >= 4 is 5.95 Å². The molecule has 4 heterocycles. The van der Waals surface area contributed by atoms with E-state index in [0.717, 1.165) is 26.1 Å². The summed E-state index contributed by atoms with van der Waals surface area (Å²) < 4.78 is 34.0. The van der Waals surface area contributed by atoms with E-state index in [9.17, 15) is 8.78 Å². The fourth-order valence-corrected chi connectivity index (χ4v) is 3.50. The van der Waals surface area contributed by atoms with E-state index in [4.69, 9.17) is 4.52 Å². The topological polar surface area (TPSA) is 80.0 Å². The van der Waals surface area contributed by atoms with Crippen LogP contribution in [-0.4, -0.2) is 45.8 Å². The highest BCUT2D eigenvalue weighted by Crippen LogP contribution is 2.44. The van der Waals surface area contributed by atoms with Gasteiger partial charge in [-0.25, -0.2) is 9.97 Å². The van der Waals surface area contributed by atoms with Crippen molar-refractivity contribution < 1.29 is 13.3 Å². The lowest BCUT2D eigenvalue weighted by molar-refractivity contribution is -0.00595. The Kier molecular flexibility index (Phi) is 3.13. The molecule has 0 saturated carbocycles. The van der Waals surface area contributed by atoms with E-state index in [-0.39, 0.29) is 36.3 Å². The Labute approximate surface area is 142 Å². The second-order valence-corrected chi connectivity index (χ2v) is 7.05. The second kappa shape index (κ2) is 5.17. The van der Waals surface area contributed by atoms with Gasteiger partial charge < -0.3 is 14.7 Å². The van der Waals surface area contributed by atoms with E-state index in [1.807, 2.05) is 11.8 Å². The van der Waals surface area contributed by atoms with E-state index in [1.165, 1.54) is 0 Å². The summed E-state index contributed by atoms with van der Waals surface area (Å²) in [5, 5.41) is 7.16. The highest BCUT2D eigenvalue weighted by Gasteiger charge is 2.44. The second-order valence-electron chi connectivity index (χ2n) is 7.05. The zero-order valence-corrected chi connectivity index (χ0v) is 13.8. The van der Waals surface area contributed by atoms with Crippen LogP contribution in [-0.2, 0) is 12.3 Å². The molecule has 2 aliphatic heterocycles. The Morgan fingerprint density at radius 2 is 2.08 bits per heavy atom. The van der Waals surface area contributed by atoms with Gasteiger partial charge in [0.1, 0.15) is 11.4 Å². The van der Waals surface area contributed by atoms with Crippen molar-refractivity contribution in [2.75, 3.05) is 24.5 Å². The van der Waals surface area contributed by atoms with Gasteiger partial charge in [-0.15, -0.1) is 0 Å². The molecule has 1 atom stereocenters. The fraction of sp³-hybridized carbons (Fsp3) is 0.625. The van der Waals surface area contributed by atoms with Crippen molar-refractivity contribution in [1.29, 1.82) is 0 Å². The molecule has 25 heavy (non-hydrogen) atoms. The average molecular weight is 348 g/mol. The summed E-state index contributed by atoms with van der Waals surface area (Å²) in [6, 6.07) is 0.253. The number of anilines is 1. The lowest BCUT2D eigenvalue weighted by atomic mass is 10.0. The molecular formula is C16H18F2N6O. The van der Waals surface area contributed by atoms with E-state index < -0.39 is 5.92 Å². The van der Waals surface area contributed by atoms with Crippen molar-refractivity contribution in [3.8, 4) is 11.5 Å². The summed E-state index contributed by atoms with van der Waals surface area (Å²) in [5.41, 5.74) is 0.655. The molecular weight excluding hydrogens is 330 g/mol. The van der Waals surface area contributed by atoms with E-state index in [2.05, 4.69) is 25.4 Å². The largest absolute Gasteiger partial charge is 0.339 e. The molecule has 1 aliphatic carbocycles. The molecule has 0 unspecified atom stereocenters. The molecule has 0 aromatic carbocycles. The van der Waals surface area contributed by atoms with Crippen molar-refractivity contribution in [3.63, 3.8) is 0 Å². The smallest absolute Gasteiger partial charge is 0.290 e. The molecule has 0 amide bonds. The molecule has 132 valence electrons. The monoisotopic (exact) mass is 348 g/mol. The minimum atomic E-state index is -2.93. The molecule has 0 bridgehead atoms. The van der Waals surface area contributed by atoms with Crippen LogP contribution in [0.3, 0.4) is 0 Å². The molecule has 2 fully saturated rings. The van der Waals surface area contributed by atoms with Crippen LogP contribution in [0.5, 0.6) is 0 Å². The van der Waals surface area contributed by atoms with Gasteiger partial charge in [0, 0.05) is 37.7 Å². The number of hydrogen-bond acceptors (Lipinski definition) is 7. The zero-order valence-electron chi connectivity index (χ0n) is 13.8. The van der Waals surface area contributed by atoms with Gasteiger partial charge in [-0.3, -0.25) is 0 Å². The lowest BCUT2D eigenvalue weighted by Crippen LogP contribution is -2.47. The minimum absolute atomic E-state index is 0.178. The number of halogens is 2. The van der Waals surface area contributed by atoms with Crippen LogP contribution in [0.15, 0.2) is 4.52 Å². The summed E-state index contributed by atoms with van der Waals surface area (Å²) in [4.78, 5) is 15.1. The average Bonchev–Trinajstić information content (AvgIpc) is 3.09. The number of rotatable bonds is 3. The van der Waals surface area contributed by atoms with Gasteiger partial charge in [-0.2, -0.15) is 13.8 Å². The first-order chi connectivity index (χ1) is 12.0. The standard InChI is InChI=1S/C16H18F2N6O/c1-8-3-5-24(8)15-20-11(10-2-4-16(17,18)12(10)21-15)13-22-14(25-23-13)9-6-19-7-9/h8-9,19H,2-7H2,1H3/t8-/m0/s1. The lowest BCUT2D eigenvalue weighted by Gasteiger charge is -2.39. The number of hydrogen-bond donors (Lipinski definition) is 1. The first kappa shape index (κ1) is 15.1. The molecule has 0 radical (unpaired) electrons. The maximum absolute atomic E-state index is 14.3. The predicted molar refractivity (Wildman–Crippen MR) is 84.6 cm³/mol. The van der Waals surface area contributed by atoms with Crippen LogP contribution >= 0.6 is 0 Å². The molecule has 1 N–H and O–H groups in total. The van der Waals surface area contributed by atoms with Gasteiger partial charge in [0.15, 0.2) is 0 Å². The minimum Gasteiger partial charge on any atom is -0.339 e. The molecule has 2 aromatic heterocycles. The van der Waals surface area contributed by atoms with Gasteiger partial charge in [0.25, 0.3) is 5.92 Å². The number of fused-ring (bicyclic) bond motifs is 1. The highest BCUT2D eigenvalue weighted by atomic mass is 19.3. The molecule has 2 saturated heterocycles. The maximum Gasteiger partial charge on any atom is 0.290 e. The van der Waals surface area contributed by atoms with Gasteiger partial charge in [0.05, 0.1) is 5.92 Å². The van der Waals surface area contributed by atoms with Crippen LogP contribution in [0.4, 0.5) is 14.7 Å². The maximum atomic E-state index is 14.3. The summed E-state index contributed by atoms with van der Waals surface area (Å²) in [5.74, 6) is -1.59. The van der Waals surface area contributed by atoms with Crippen molar-refractivity contribution in [2.24, 2.45) is 0 Å². The molecule has 2 aromatic rings. The Balaban J connectivity index is 1.61. The van der Waals surface area contributed by atoms with E-state index in [0.29, 0.717) is 23.1 Å².